The van der Waals surface area contributed by atoms with Crippen LogP contribution in [0.5, 0.6) is 0 Å². The Labute approximate surface area is 95.7 Å². The van der Waals surface area contributed by atoms with Gasteiger partial charge in [-0.05, 0) is 19.1 Å². The van der Waals surface area contributed by atoms with Crippen molar-refractivity contribution in [2.24, 2.45) is 5.73 Å². The average molecular weight is 222 g/mol. The molecule has 1 rings (SSSR count). The first-order valence-electron chi connectivity index (χ1n) is 5.24. The number of rotatable bonds is 6. The lowest BCUT2D eigenvalue weighted by atomic mass is 10.3. The standard InChI is InChI=1S/C11H18N4O/c1-3-16-7-6-15(2)9-4-5-10(11(12)13)14-8-9/h4-5,8H,3,6-7H2,1-2H3,(H3,12,13). The lowest BCUT2D eigenvalue weighted by molar-refractivity contribution is 0.154. The smallest absolute Gasteiger partial charge is 0.141 e. The van der Waals surface area contributed by atoms with Crippen LogP contribution in [0.2, 0.25) is 0 Å². The van der Waals surface area contributed by atoms with Crippen molar-refractivity contribution in [2.45, 2.75) is 6.92 Å². The maximum absolute atomic E-state index is 7.23. The Balaban J connectivity index is 2.56. The van der Waals surface area contributed by atoms with Crippen molar-refractivity contribution in [3.63, 3.8) is 0 Å². The monoisotopic (exact) mass is 222 g/mol. The lowest BCUT2D eigenvalue weighted by Crippen LogP contribution is -2.23. The number of nitrogens with two attached hydrogens (primary N) is 1. The number of likely N-dealkylation sites (N-methyl/N-ethyl adjacent to an activating group) is 1. The second-order valence-electron chi connectivity index (χ2n) is 3.43. The van der Waals surface area contributed by atoms with Gasteiger partial charge in [-0.3, -0.25) is 10.4 Å². The Hall–Kier alpha value is -1.62. The molecule has 0 fully saturated rings. The van der Waals surface area contributed by atoms with E-state index in [0.29, 0.717) is 12.3 Å². The highest BCUT2D eigenvalue weighted by Gasteiger charge is 2.02. The highest BCUT2D eigenvalue weighted by atomic mass is 16.5. The maximum Gasteiger partial charge on any atom is 0.141 e. The first kappa shape index (κ1) is 12.4. The highest BCUT2D eigenvalue weighted by Crippen LogP contribution is 2.10. The molecule has 0 atom stereocenters. The molecule has 1 aromatic rings. The number of nitrogens with zero attached hydrogens (tertiary/aromatic N) is 2. The van der Waals surface area contributed by atoms with Crippen LogP contribution in [0.4, 0.5) is 5.69 Å². The summed E-state index contributed by atoms with van der Waals surface area (Å²) in [6.07, 6.45) is 1.71. The number of hydrogen-bond donors (Lipinski definition) is 2. The summed E-state index contributed by atoms with van der Waals surface area (Å²) in [6, 6.07) is 3.64. The van der Waals surface area contributed by atoms with E-state index in [0.717, 1.165) is 18.8 Å². The summed E-state index contributed by atoms with van der Waals surface area (Å²) in [7, 11) is 1.98. The molecular weight excluding hydrogens is 204 g/mol. The van der Waals surface area contributed by atoms with E-state index in [2.05, 4.69) is 4.98 Å². The minimum atomic E-state index is -0.0106. The fourth-order valence-electron chi connectivity index (χ4n) is 1.25. The van der Waals surface area contributed by atoms with Crippen molar-refractivity contribution in [3.8, 4) is 0 Å². The van der Waals surface area contributed by atoms with Crippen LogP contribution in [0, 0.1) is 5.41 Å². The van der Waals surface area contributed by atoms with E-state index in [1.54, 1.807) is 12.3 Å². The molecule has 1 heterocycles. The number of ether oxygens (including phenoxy) is 1. The third-order valence-corrected chi connectivity index (χ3v) is 2.24. The summed E-state index contributed by atoms with van der Waals surface area (Å²) in [4.78, 5) is 6.14. The first-order valence-corrected chi connectivity index (χ1v) is 5.24. The molecule has 0 bridgehead atoms. The van der Waals surface area contributed by atoms with Crippen molar-refractivity contribution in [2.75, 3.05) is 31.7 Å². The van der Waals surface area contributed by atoms with E-state index >= 15 is 0 Å². The third kappa shape index (κ3) is 3.51. The number of pyridine rings is 1. The summed E-state index contributed by atoms with van der Waals surface area (Å²) in [5.74, 6) is -0.0106. The van der Waals surface area contributed by atoms with Gasteiger partial charge in [0.2, 0.25) is 0 Å². The van der Waals surface area contributed by atoms with Crippen LogP contribution in [0.15, 0.2) is 18.3 Å². The van der Waals surface area contributed by atoms with Gasteiger partial charge in [0.05, 0.1) is 18.5 Å². The molecule has 0 amide bonds. The largest absolute Gasteiger partial charge is 0.382 e. The fraction of sp³-hybridized carbons (Fsp3) is 0.455. The molecule has 0 aliphatic carbocycles. The van der Waals surface area contributed by atoms with E-state index < -0.39 is 0 Å². The molecule has 1 aromatic heterocycles. The van der Waals surface area contributed by atoms with Crippen molar-refractivity contribution in [1.29, 1.82) is 5.41 Å². The number of nitrogen functional groups attached to an aromatic ring is 1. The number of nitrogens with one attached hydrogen (secondary N) is 1. The maximum atomic E-state index is 7.23. The van der Waals surface area contributed by atoms with E-state index in [-0.39, 0.29) is 5.84 Å². The number of aromatic nitrogens is 1. The molecule has 0 spiro atoms. The molecule has 0 aliphatic rings. The van der Waals surface area contributed by atoms with Crippen molar-refractivity contribution in [1.82, 2.24) is 4.98 Å². The minimum Gasteiger partial charge on any atom is -0.382 e. The molecule has 0 unspecified atom stereocenters. The van der Waals surface area contributed by atoms with Gasteiger partial charge in [-0.25, -0.2) is 0 Å². The number of hydrogen-bond acceptors (Lipinski definition) is 4. The Morgan fingerprint density at radius 2 is 2.31 bits per heavy atom. The quantitative estimate of drug-likeness (QED) is 0.425. The summed E-state index contributed by atoms with van der Waals surface area (Å²) in [5.41, 5.74) is 6.82. The second-order valence-corrected chi connectivity index (χ2v) is 3.43. The average Bonchev–Trinajstić information content (AvgIpc) is 2.29. The zero-order valence-corrected chi connectivity index (χ0v) is 9.73. The molecule has 0 radical (unpaired) electrons. The Morgan fingerprint density at radius 3 is 2.81 bits per heavy atom. The Kier molecular flexibility index (Phi) is 4.72. The molecule has 5 nitrogen and oxygen atoms in total. The molecule has 88 valence electrons. The van der Waals surface area contributed by atoms with Gasteiger partial charge < -0.3 is 15.4 Å². The molecule has 0 saturated heterocycles. The van der Waals surface area contributed by atoms with Gasteiger partial charge in [0.15, 0.2) is 0 Å². The Bertz CT molecular complexity index is 336. The van der Waals surface area contributed by atoms with Crippen LogP contribution in [-0.4, -0.2) is 37.6 Å². The van der Waals surface area contributed by atoms with Gasteiger partial charge in [-0.15, -0.1) is 0 Å². The van der Waals surface area contributed by atoms with Crippen LogP contribution < -0.4 is 10.6 Å². The van der Waals surface area contributed by atoms with Crippen molar-refractivity contribution in [3.05, 3.63) is 24.0 Å². The number of anilines is 1. The summed E-state index contributed by atoms with van der Waals surface area (Å²) < 4.78 is 5.27. The van der Waals surface area contributed by atoms with Gasteiger partial charge in [0.1, 0.15) is 11.5 Å². The number of amidine groups is 1. The normalized spacial score (nSPS) is 10.1. The van der Waals surface area contributed by atoms with Crippen molar-refractivity contribution >= 4 is 11.5 Å². The minimum absolute atomic E-state index is 0.0106. The van der Waals surface area contributed by atoms with E-state index in [1.807, 2.05) is 24.9 Å². The van der Waals surface area contributed by atoms with Crippen LogP contribution in [0.25, 0.3) is 0 Å². The third-order valence-electron chi connectivity index (χ3n) is 2.24. The molecule has 0 saturated carbocycles. The van der Waals surface area contributed by atoms with Crippen LogP contribution in [0.1, 0.15) is 12.6 Å². The van der Waals surface area contributed by atoms with Crippen molar-refractivity contribution < 1.29 is 4.74 Å². The predicted molar refractivity (Wildman–Crippen MR) is 65.0 cm³/mol. The van der Waals surface area contributed by atoms with Gasteiger partial charge in [0.25, 0.3) is 0 Å². The molecule has 16 heavy (non-hydrogen) atoms. The van der Waals surface area contributed by atoms with Crippen LogP contribution >= 0.6 is 0 Å². The Morgan fingerprint density at radius 1 is 1.56 bits per heavy atom. The highest BCUT2D eigenvalue weighted by molar-refractivity contribution is 5.93. The summed E-state index contributed by atoms with van der Waals surface area (Å²) in [5, 5.41) is 7.23. The lowest BCUT2D eigenvalue weighted by Gasteiger charge is -2.18. The molecule has 3 N–H and O–H groups in total. The SMILES string of the molecule is CCOCCN(C)c1ccc(C(=N)N)nc1. The molecular formula is C11H18N4O. The van der Waals surface area contributed by atoms with E-state index in [1.165, 1.54) is 0 Å². The summed E-state index contributed by atoms with van der Waals surface area (Å²) in [6.45, 7) is 4.22. The van der Waals surface area contributed by atoms with E-state index in [9.17, 15) is 0 Å². The fourth-order valence-corrected chi connectivity index (χ4v) is 1.25. The second kappa shape index (κ2) is 6.07. The van der Waals surface area contributed by atoms with Crippen LogP contribution in [-0.2, 0) is 4.74 Å². The zero-order valence-electron chi connectivity index (χ0n) is 9.73. The van der Waals surface area contributed by atoms with Crippen LogP contribution in [0.3, 0.4) is 0 Å². The van der Waals surface area contributed by atoms with Gasteiger partial charge >= 0.3 is 0 Å². The molecule has 0 aromatic carbocycles. The molecule has 0 aliphatic heterocycles. The first-order chi connectivity index (χ1) is 7.65. The topological polar surface area (TPSA) is 75.2 Å². The van der Waals surface area contributed by atoms with Gasteiger partial charge in [-0.2, -0.15) is 0 Å². The van der Waals surface area contributed by atoms with Gasteiger partial charge in [0, 0.05) is 20.2 Å². The van der Waals surface area contributed by atoms with E-state index in [4.69, 9.17) is 15.9 Å². The van der Waals surface area contributed by atoms with Gasteiger partial charge in [-0.1, -0.05) is 0 Å². The predicted octanol–water partition coefficient (Wildman–Crippen LogP) is 0.838. The summed E-state index contributed by atoms with van der Waals surface area (Å²) >= 11 is 0. The zero-order chi connectivity index (χ0) is 12.0. The molecule has 5 heteroatoms.